The maximum absolute atomic E-state index is 10.4. The average Bonchev–Trinajstić information content (AvgIpc) is 2.03. The van der Waals surface area contributed by atoms with E-state index in [1.165, 1.54) is 0 Å². The fourth-order valence-corrected chi connectivity index (χ4v) is 1.23. The molecule has 4 heteroatoms. The summed E-state index contributed by atoms with van der Waals surface area (Å²) in [5, 5.41) is 0.808. The fourth-order valence-electron chi connectivity index (χ4n) is 0.741. The number of rotatable bonds is 0. The lowest BCUT2D eigenvalue weighted by Gasteiger charge is -1.96. The Morgan fingerprint density at radius 1 is 1.31 bits per heavy atom. The second-order valence-corrected chi connectivity index (χ2v) is 3.03. The number of carbonyl (C=O) groups is 1. The van der Waals surface area contributed by atoms with Crippen molar-refractivity contribution in [1.29, 1.82) is 0 Å². The minimum atomic E-state index is -0.712. The van der Waals surface area contributed by atoms with Gasteiger partial charge in [0, 0.05) is 5.92 Å². The number of amides is 1. The number of nitrogens with two attached hydrogens (primary N) is 1. The van der Waals surface area contributed by atoms with Crippen LogP contribution in [0.15, 0.2) is 18.2 Å². The minimum absolute atomic E-state index is 0.404. The highest BCUT2D eigenvalue weighted by Crippen LogP contribution is 2.22. The van der Waals surface area contributed by atoms with Crippen LogP contribution in [0.25, 0.3) is 0 Å². The molecule has 0 atom stereocenters. The maximum atomic E-state index is 10.4. The van der Waals surface area contributed by atoms with Gasteiger partial charge in [0.25, 0.3) is 5.91 Å². The molecule has 2 N–H and O–H groups in total. The van der Waals surface area contributed by atoms with Crippen molar-refractivity contribution in [3.63, 3.8) is 0 Å². The summed E-state index contributed by atoms with van der Waals surface area (Å²) in [4.78, 5) is 10.4. The number of halogens is 2. The maximum Gasteiger partial charge on any atom is 0.293 e. The van der Waals surface area contributed by atoms with Crippen molar-refractivity contribution in [2.24, 2.45) is 5.73 Å². The summed E-state index contributed by atoms with van der Waals surface area (Å²) in [5.74, 6) is 3.94. The third-order valence-corrected chi connectivity index (χ3v) is 1.90. The van der Waals surface area contributed by atoms with Gasteiger partial charge in [0.1, 0.15) is 0 Å². The van der Waals surface area contributed by atoms with E-state index in [1.807, 2.05) is 0 Å². The van der Waals surface area contributed by atoms with Gasteiger partial charge in [-0.25, -0.2) is 0 Å². The molecule has 0 bridgehead atoms. The van der Waals surface area contributed by atoms with Crippen molar-refractivity contribution in [2.75, 3.05) is 0 Å². The van der Waals surface area contributed by atoms with Gasteiger partial charge in [-0.15, -0.1) is 0 Å². The zero-order valence-corrected chi connectivity index (χ0v) is 7.99. The molecule has 0 heterocycles. The van der Waals surface area contributed by atoms with Crippen LogP contribution in [0, 0.1) is 11.8 Å². The lowest BCUT2D eigenvalue weighted by atomic mass is 10.2. The first kappa shape index (κ1) is 9.91. The van der Waals surface area contributed by atoms with Crippen molar-refractivity contribution in [1.82, 2.24) is 0 Å². The van der Waals surface area contributed by atoms with E-state index in [0.717, 1.165) is 0 Å². The normalized spacial score (nSPS) is 8.77. The average molecular weight is 214 g/mol. The van der Waals surface area contributed by atoms with E-state index < -0.39 is 5.91 Å². The van der Waals surface area contributed by atoms with Gasteiger partial charge in [-0.1, -0.05) is 35.2 Å². The highest BCUT2D eigenvalue weighted by Gasteiger charge is 2.00. The summed E-state index contributed by atoms with van der Waals surface area (Å²) in [6, 6.07) is 4.97. The number of benzene rings is 1. The lowest BCUT2D eigenvalue weighted by molar-refractivity contribution is -0.112. The summed E-state index contributed by atoms with van der Waals surface area (Å²) in [6.07, 6.45) is 0. The largest absolute Gasteiger partial charge is 0.359 e. The van der Waals surface area contributed by atoms with Crippen molar-refractivity contribution in [3.8, 4) is 11.8 Å². The molecule has 1 aromatic carbocycles. The smallest absolute Gasteiger partial charge is 0.293 e. The molecule has 0 aromatic heterocycles. The summed E-state index contributed by atoms with van der Waals surface area (Å²) in [5.41, 5.74) is 5.26. The van der Waals surface area contributed by atoms with E-state index in [2.05, 4.69) is 11.8 Å². The Balaban J connectivity index is 3.16. The summed E-state index contributed by atoms with van der Waals surface area (Å²) in [7, 11) is 0. The monoisotopic (exact) mass is 213 g/mol. The number of hydrogen-bond acceptors (Lipinski definition) is 1. The Kier molecular flexibility index (Phi) is 3.18. The van der Waals surface area contributed by atoms with Crippen molar-refractivity contribution in [2.45, 2.75) is 0 Å². The van der Waals surface area contributed by atoms with Crippen LogP contribution < -0.4 is 5.73 Å². The molecule has 0 spiro atoms. The van der Waals surface area contributed by atoms with E-state index in [9.17, 15) is 4.79 Å². The second-order valence-electron chi connectivity index (χ2n) is 2.21. The molecular weight excluding hydrogens is 209 g/mol. The molecule has 66 valence electrons. The van der Waals surface area contributed by atoms with E-state index in [1.54, 1.807) is 18.2 Å². The van der Waals surface area contributed by atoms with Gasteiger partial charge in [-0.05, 0) is 12.1 Å². The van der Waals surface area contributed by atoms with Crippen LogP contribution in [0.5, 0.6) is 0 Å². The standard InChI is InChI=1S/C9H5Cl2NO/c10-7-2-1-3-8(11)6(7)4-5-9(12)13/h1-3H,(H2,12,13). The van der Waals surface area contributed by atoms with Crippen LogP contribution in [0.4, 0.5) is 0 Å². The summed E-state index contributed by atoms with van der Waals surface area (Å²) >= 11 is 11.5. The Morgan fingerprint density at radius 2 is 1.85 bits per heavy atom. The van der Waals surface area contributed by atoms with Crippen molar-refractivity contribution < 1.29 is 4.79 Å². The zero-order chi connectivity index (χ0) is 9.84. The van der Waals surface area contributed by atoms with Gasteiger partial charge in [0.2, 0.25) is 0 Å². The molecular formula is C9H5Cl2NO. The Labute approximate surface area is 85.6 Å². The molecule has 1 amide bonds. The molecule has 0 aliphatic heterocycles. The van der Waals surface area contributed by atoms with Gasteiger partial charge in [-0.3, -0.25) is 4.79 Å². The Hall–Kier alpha value is -1.17. The predicted molar refractivity (Wildman–Crippen MR) is 52.5 cm³/mol. The van der Waals surface area contributed by atoms with Crippen molar-refractivity contribution in [3.05, 3.63) is 33.8 Å². The van der Waals surface area contributed by atoms with E-state index in [0.29, 0.717) is 15.6 Å². The quantitative estimate of drug-likeness (QED) is 0.657. The molecule has 0 unspecified atom stereocenters. The van der Waals surface area contributed by atoms with Crippen LogP contribution in [0.3, 0.4) is 0 Å². The van der Waals surface area contributed by atoms with Crippen LogP contribution in [-0.4, -0.2) is 5.91 Å². The Bertz CT molecular complexity index is 384. The van der Waals surface area contributed by atoms with Crippen LogP contribution in [0.2, 0.25) is 10.0 Å². The number of primary amides is 1. The topological polar surface area (TPSA) is 43.1 Å². The van der Waals surface area contributed by atoms with Gasteiger partial charge in [-0.2, -0.15) is 0 Å². The molecule has 2 nitrogen and oxygen atoms in total. The highest BCUT2D eigenvalue weighted by atomic mass is 35.5. The van der Waals surface area contributed by atoms with Gasteiger partial charge >= 0.3 is 0 Å². The van der Waals surface area contributed by atoms with Crippen LogP contribution in [-0.2, 0) is 4.79 Å². The lowest BCUT2D eigenvalue weighted by Crippen LogP contribution is -2.06. The van der Waals surface area contributed by atoms with Gasteiger partial charge in [0.05, 0.1) is 15.6 Å². The number of carbonyl (C=O) groups excluding carboxylic acids is 1. The molecule has 0 fully saturated rings. The molecule has 1 aromatic rings. The molecule has 1 rings (SSSR count). The molecule has 0 saturated heterocycles. The third kappa shape index (κ3) is 2.66. The molecule has 0 saturated carbocycles. The predicted octanol–water partition coefficient (Wildman–Crippen LogP) is 1.83. The molecule has 0 radical (unpaired) electrons. The minimum Gasteiger partial charge on any atom is -0.359 e. The summed E-state index contributed by atoms with van der Waals surface area (Å²) < 4.78 is 0. The second kappa shape index (κ2) is 4.18. The number of hydrogen-bond donors (Lipinski definition) is 1. The third-order valence-electron chi connectivity index (χ3n) is 1.27. The van der Waals surface area contributed by atoms with E-state index in [4.69, 9.17) is 28.9 Å². The molecule has 0 aliphatic rings. The van der Waals surface area contributed by atoms with E-state index in [-0.39, 0.29) is 0 Å². The first-order valence-corrected chi connectivity index (χ1v) is 4.12. The highest BCUT2D eigenvalue weighted by molar-refractivity contribution is 6.36. The van der Waals surface area contributed by atoms with Crippen LogP contribution in [0.1, 0.15) is 5.56 Å². The van der Waals surface area contributed by atoms with Crippen LogP contribution >= 0.6 is 23.2 Å². The van der Waals surface area contributed by atoms with Crippen molar-refractivity contribution >= 4 is 29.1 Å². The molecule has 0 aliphatic carbocycles. The SMILES string of the molecule is NC(=O)C#Cc1c(Cl)cccc1Cl. The fraction of sp³-hybridized carbons (Fsp3) is 0. The first-order chi connectivity index (χ1) is 6.11. The van der Waals surface area contributed by atoms with Gasteiger partial charge in [0.15, 0.2) is 0 Å². The Morgan fingerprint density at radius 3 is 2.31 bits per heavy atom. The molecule has 13 heavy (non-hydrogen) atoms. The first-order valence-electron chi connectivity index (χ1n) is 3.36. The summed E-state index contributed by atoms with van der Waals surface area (Å²) in [6.45, 7) is 0. The van der Waals surface area contributed by atoms with Gasteiger partial charge < -0.3 is 5.73 Å². The van der Waals surface area contributed by atoms with E-state index >= 15 is 0 Å². The zero-order valence-electron chi connectivity index (χ0n) is 6.47.